The molecule has 2 nitrogen and oxygen atoms in total. The van der Waals surface area contributed by atoms with E-state index in [1.54, 1.807) is 0 Å². The normalized spacial score (nSPS) is 26.2. The van der Waals surface area contributed by atoms with Crippen LogP contribution in [0.1, 0.15) is 38.5 Å². The molecule has 0 aromatic rings. The number of rotatable bonds is 5. The van der Waals surface area contributed by atoms with Crippen molar-refractivity contribution < 1.29 is 13.2 Å². The molecule has 0 aromatic carbocycles. The highest BCUT2D eigenvalue weighted by molar-refractivity contribution is 5.08. The molecule has 0 heterocycles. The van der Waals surface area contributed by atoms with Gasteiger partial charge in [-0.2, -0.15) is 13.2 Å². The van der Waals surface area contributed by atoms with Gasteiger partial charge in [-0.15, -0.1) is 0 Å². The molecule has 0 amide bonds. The molecule has 2 aliphatic carbocycles. The maximum atomic E-state index is 12.6. The van der Waals surface area contributed by atoms with Gasteiger partial charge in [0.2, 0.25) is 0 Å². The second-order valence-corrected chi connectivity index (χ2v) is 5.31. The first kappa shape index (κ1) is 12.2. The van der Waals surface area contributed by atoms with Crippen molar-refractivity contribution in [1.29, 1.82) is 0 Å². The fraction of sp³-hybridized carbons (Fsp3) is 1.00. The summed E-state index contributed by atoms with van der Waals surface area (Å²) in [4.78, 5) is 0. The lowest BCUT2D eigenvalue weighted by atomic mass is 9.67. The van der Waals surface area contributed by atoms with Crippen molar-refractivity contribution in [2.24, 2.45) is 11.1 Å². The Bertz CT molecular complexity index is 249. The van der Waals surface area contributed by atoms with Gasteiger partial charge < -0.3 is 11.1 Å². The van der Waals surface area contributed by atoms with Gasteiger partial charge in [0.25, 0.3) is 0 Å². The average molecular weight is 236 g/mol. The quantitative estimate of drug-likeness (QED) is 0.768. The molecule has 16 heavy (non-hydrogen) atoms. The highest BCUT2D eigenvalue weighted by atomic mass is 19.4. The van der Waals surface area contributed by atoms with E-state index in [1.807, 2.05) is 0 Å². The third-order valence-corrected chi connectivity index (χ3v) is 4.26. The van der Waals surface area contributed by atoms with E-state index in [9.17, 15) is 13.2 Å². The van der Waals surface area contributed by atoms with Gasteiger partial charge in [0.15, 0.2) is 0 Å². The highest BCUT2D eigenvalue weighted by Gasteiger charge is 2.63. The van der Waals surface area contributed by atoms with Crippen molar-refractivity contribution in [3.8, 4) is 0 Å². The van der Waals surface area contributed by atoms with Crippen LogP contribution >= 0.6 is 0 Å². The van der Waals surface area contributed by atoms with E-state index in [1.165, 1.54) is 6.42 Å². The molecule has 5 heteroatoms. The van der Waals surface area contributed by atoms with E-state index in [0.29, 0.717) is 13.1 Å². The lowest BCUT2D eigenvalue weighted by molar-refractivity contribution is -0.166. The van der Waals surface area contributed by atoms with Crippen LogP contribution in [0.3, 0.4) is 0 Å². The van der Waals surface area contributed by atoms with Crippen LogP contribution in [0.2, 0.25) is 0 Å². The second kappa shape index (κ2) is 3.88. The predicted molar refractivity (Wildman–Crippen MR) is 56.0 cm³/mol. The zero-order valence-electron chi connectivity index (χ0n) is 9.37. The Balaban J connectivity index is 1.76. The van der Waals surface area contributed by atoms with Gasteiger partial charge in [-0.3, -0.25) is 0 Å². The zero-order valence-corrected chi connectivity index (χ0v) is 9.37. The topological polar surface area (TPSA) is 38.0 Å². The van der Waals surface area contributed by atoms with Gasteiger partial charge in [-0.05, 0) is 50.6 Å². The Labute approximate surface area is 93.8 Å². The standard InChI is InChI=1S/C11H19F3N2/c12-11(13,14)10(4-5-10)16-7-6-9(8-15)2-1-3-9/h16H,1-8,15H2. The molecule has 0 spiro atoms. The molecular weight excluding hydrogens is 217 g/mol. The van der Waals surface area contributed by atoms with Crippen LogP contribution in [-0.2, 0) is 0 Å². The first-order valence-electron chi connectivity index (χ1n) is 5.95. The molecule has 94 valence electrons. The fourth-order valence-corrected chi connectivity index (χ4v) is 2.49. The van der Waals surface area contributed by atoms with E-state index >= 15 is 0 Å². The first-order valence-corrected chi connectivity index (χ1v) is 5.95. The molecule has 0 unspecified atom stereocenters. The summed E-state index contributed by atoms with van der Waals surface area (Å²) in [5, 5.41) is 2.69. The minimum atomic E-state index is -4.09. The lowest BCUT2D eigenvalue weighted by Gasteiger charge is -2.41. The summed E-state index contributed by atoms with van der Waals surface area (Å²) in [6.45, 7) is 1.05. The number of alkyl halides is 3. The summed E-state index contributed by atoms with van der Waals surface area (Å²) in [5.41, 5.74) is 4.24. The van der Waals surface area contributed by atoms with Gasteiger partial charge >= 0.3 is 6.18 Å². The molecular formula is C11H19F3N2. The second-order valence-electron chi connectivity index (χ2n) is 5.31. The van der Waals surface area contributed by atoms with Crippen LogP contribution in [0, 0.1) is 5.41 Å². The highest BCUT2D eigenvalue weighted by Crippen LogP contribution is 2.49. The molecule has 2 saturated carbocycles. The van der Waals surface area contributed by atoms with E-state index < -0.39 is 11.7 Å². The number of hydrogen-bond donors (Lipinski definition) is 2. The Morgan fingerprint density at radius 2 is 1.75 bits per heavy atom. The molecule has 0 saturated heterocycles. The van der Waals surface area contributed by atoms with Crippen LogP contribution in [0.25, 0.3) is 0 Å². The fourth-order valence-electron chi connectivity index (χ4n) is 2.49. The maximum absolute atomic E-state index is 12.6. The number of halogens is 3. The van der Waals surface area contributed by atoms with E-state index in [-0.39, 0.29) is 18.3 Å². The van der Waals surface area contributed by atoms with Gasteiger partial charge in [0, 0.05) is 0 Å². The predicted octanol–water partition coefficient (Wildman–Crippen LogP) is 2.19. The van der Waals surface area contributed by atoms with Crippen LogP contribution in [-0.4, -0.2) is 24.8 Å². The minimum absolute atomic E-state index is 0.134. The molecule has 0 radical (unpaired) electrons. The Hall–Kier alpha value is -0.290. The smallest absolute Gasteiger partial charge is 0.330 e. The summed E-state index contributed by atoms with van der Waals surface area (Å²) >= 11 is 0. The summed E-state index contributed by atoms with van der Waals surface area (Å²) in [5.74, 6) is 0. The van der Waals surface area contributed by atoms with Crippen LogP contribution in [0.15, 0.2) is 0 Å². The number of nitrogens with two attached hydrogens (primary N) is 1. The summed E-state index contributed by atoms with van der Waals surface area (Å²) < 4.78 is 37.8. The zero-order chi connectivity index (χ0) is 11.9. The SMILES string of the molecule is NCC1(CCNC2(C(F)(F)F)CC2)CCC1. The van der Waals surface area contributed by atoms with E-state index in [2.05, 4.69) is 5.32 Å². The third kappa shape index (κ3) is 2.07. The van der Waals surface area contributed by atoms with E-state index in [4.69, 9.17) is 5.73 Å². The summed E-state index contributed by atoms with van der Waals surface area (Å²) in [6, 6.07) is 0. The Morgan fingerprint density at radius 1 is 1.12 bits per heavy atom. The van der Waals surface area contributed by atoms with Gasteiger partial charge in [0.1, 0.15) is 5.54 Å². The lowest BCUT2D eigenvalue weighted by Crippen LogP contribution is -2.47. The van der Waals surface area contributed by atoms with Crippen LogP contribution in [0.4, 0.5) is 13.2 Å². The van der Waals surface area contributed by atoms with Gasteiger partial charge in [0.05, 0.1) is 0 Å². The Morgan fingerprint density at radius 3 is 2.06 bits per heavy atom. The first-order chi connectivity index (χ1) is 7.43. The monoisotopic (exact) mass is 236 g/mol. The molecule has 2 aliphatic rings. The average Bonchev–Trinajstić information content (AvgIpc) is 2.89. The van der Waals surface area contributed by atoms with Crippen molar-refractivity contribution >= 4 is 0 Å². The maximum Gasteiger partial charge on any atom is 0.406 e. The largest absolute Gasteiger partial charge is 0.406 e. The molecule has 2 rings (SSSR count). The Kier molecular flexibility index (Phi) is 2.95. The van der Waals surface area contributed by atoms with Gasteiger partial charge in [-0.1, -0.05) is 6.42 Å². The van der Waals surface area contributed by atoms with E-state index in [0.717, 1.165) is 19.3 Å². The summed E-state index contributed by atoms with van der Waals surface area (Å²) in [6.07, 6.45) is 0.456. The molecule has 0 aliphatic heterocycles. The molecule has 0 atom stereocenters. The van der Waals surface area contributed by atoms with Crippen molar-refractivity contribution in [2.45, 2.75) is 50.2 Å². The number of nitrogens with one attached hydrogen (secondary N) is 1. The van der Waals surface area contributed by atoms with Gasteiger partial charge in [-0.25, -0.2) is 0 Å². The number of hydrogen-bond acceptors (Lipinski definition) is 2. The van der Waals surface area contributed by atoms with Crippen LogP contribution < -0.4 is 11.1 Å². The minimum Gasteiger partial charge on any atom is -0.330 e. The van der Waals surface area contributed by atoms with Crippen molar-refractivity contribution in [3.63, 3.8) is 0 Å². The third-order valence-electron chi connectivity index (χ3n) is 4.26. The van der Waals surface area contributed by atoms with Crippen LogP contribution in [0.5, 0.6) is 0 Å². The van der Waals surface area contributed by atoms with Crippen molar-refractivity contribution in [1.82, 2.24) is 5.32 Å². The molecule has 0 bridgehead atoms. The van der Waals surface area contributed by atoms with Crippen molar-refractivity contribution in [2.75, 3.05) is 13.1 Å². The molecule has 0 aromatic heterocycles. The molecule has 3 N–H and O–H groups in total. The van der Waals surface area contributed by atoms with Crippen molar-refractivity contribution in [3.05, 3.63) is 0 Å². The summed E-state index contributed by atoms with van der Waals surface area (Å²) in [7, 11) is 0. The molecule has 2 fully saturated rings.